The minimum absolute atomic E-state index is 0.0396. The summed E-state index contributed by atoms with van der Waals surface area (Å²) in [5, 5.41) is 12.7. The van der Waals surface area contributed by atoms with Crippen molar-refractivity contribution in [3.63, 3.8) is 0 Å². The average Bonchev–Trinajstić information content (AvgIpc) is 2.27. The number of hydrogen-bond acceptors (Lipinski definition) is 2. The number of benzene rings is 1. The summed E-state index contributed by atoms with van der Waals surface area (Å²) in [4.78, 5) is 0. The number of halogens is 1. The number of anilines is 1. The Bertz CT molecular complexity index is 352. The van der Waals surface area contributed by atoms with E-state index in [1.807, 2.05) is 24.3 Å². The highest BCUT2D eigenvalue weighted by molar-refractivity contribution is 9.10. The van der Waals surface area contributed by atoms with Gasteiger partial charge in [0.1, 0.15) is 0 Å². The summed E-state index contributed by atoms with van der Waals surface area (Å²) in [6.07, 6.45) is 3.96. The fourth-order valence-electron chi connectivity index (χ4n) is 1.56. The lowest BCUT2D eigenvalue weighted by Gasteiger charge is -2.17. The van der Waals surface area contributed by atoms with Gasteiger partial charge in [-0.15, -0.1) is 6.58 Å². The van der Waals surface area contributed by atoms with Crippen molar-refractivity contribution in [2.24, 2.45) is 0 Å². The lowest BCUT2D eigenvalue weighted by atomic mass is 10.1. The van der Waals surface area contributed by atoms with Crippen molar-refractivity contribution >= 4 is 21.6 Å². The predicted octanol–water partition coefficient (Wildman–Crippen LogP) is 3.71. The molecule has 1 atom stereocenters. The van der Waals surface area contributed by atoms with Crippen molar-refractivity contribution in [3.8, 4) is 0 Å². The molecule has 0 radical (unpaired) electrons. The first-order chi connectivity index (χ1) is 7.69. The molecule has 0 bridgehead atoms. The summed E-state index contributed by atoms with van der Waals surface area (Å²) in [6, 6.07) is 6.26. The molecule has 0 saturated carbocycles. The van der Waals surface area contributed by atoms with Crippen LogP contribution < -0.4 is 5.32 Å². The molecule has 0 saturated heterocycles. The van der Waals surface area contributed by atoms with Gasteiger partial charge in [0, 0.05) is 21.8 Å². The molecule has 0 fully saturated rings. The molecule has 1 unspecified atom stereocenters. The van der Waals surface area contributed by atoms with Crippen LogP contribution in [-0.2, 0) is 6.61 Å². The Hall–Kier alpha value is -0.800. The lowest BCUT2D eigenvalue weighted by molar-refractivity contribution is 0.281. The van der Waals surface area contributed by atoms with Crippen LogP contribution in [0.15, 0.2) is 35.3 Å². The van der Waals surface area contributed by atoms with E-state index in [1.165, 1.54) is 0 Å². The Labute approximate surface area is 106 Å². The van der Waals surface area contributed by atoms with E-state index >= 15 is 0 Å². The van der Waals surface area contributed by atoms with Crippen LogP contribution in [0.1, 0.15) is 25.3 Å². The zero-order valence-corrected chi connectivity index (χ0v) is 11.1. The first-order valence-corrected chi connectivity index (χ1v) is 6.24. The molecule has 0 aliphatic rings. The quantitative estimate of drug-likeness (QED) is 0.780. The van der Waals surface area contributed by atoms with Crippen molar-refractivity contribution in [1.82, 2.24) is 0 Å². The van der Waals surface area contributed by atoms with Crippen LogP contribution in [0.3, 0.4) is 0 Å². The topological polar surface area (TPSA) is 32.3 Å². The van der Waals surface area contributed by atoms with Crippen molar-refractivity contribution in [1.29, 1.82) is 0 Å². The van der Waals surface area contributed by atoms with Gasteiger partial charge in [-0.2, -0.15) is 0 Å². The Morgan fingerprint density at radius 1 is 1.56 bits per heavy atom. The van der Waals surface area contributed by atoms with Gasteiger partial charge in [0.05, 0.1) is 6.61 Å². The standard InChI is InChI=1S/C13H18BrNO/c1-3-4-6-10(2)15-13-8-5-7-12(14)11(13)9-16/h3,5,7-8,10,15-16H,1,4,6,9H2,2H3. The maximum absolute atomic E-state index is 9.30. The molecule has 16 heavy (non-hydrogen) atoms. The number of aliphatic hydroxyl groups is 1. The second kappa shape index (κ2) is 6.71. The van der Waals surface area contributed by atoms with Crippen molar-refractivity contribution in [3.05, 3.63) is 40.9 Å². The highest BCUT2D eigenvalue weighted by Gasteiger charge is 2.07. The van der Waals surface area contributed by atoms with Gasteiger partial charge in [0.15, 0.2) is 0 Å². The molecular weight excluding hydrogens is 266 g/mol. The summed E-state index contributed by atoms with van der Waals surface area (Å²) < 4.78 is 0.941. The van der Waals surface area contributed by atoms with Crippen LogP contribution in [0, 0.1) is 0 Å². The molecule has 2 N–H and O–H groups in total. The predicted molar refractivity (Wildman–Crippen MR) is 72.6 cm³/mol. The van der Waals surface area contributed by atoms with Crippen molar-refractivity contribution in [2.75, 3.05) is 5.32 Å². The van der Waals surface area contributed by atoms with Gasteiger partial charge < -0.3 is 10.4 Å². The van der Waals surface area contributed by atoms with Crippen LogP contribution in [0.4, 0.5) is 5.69 Å². The zero-order valence-electron chi connectivity index (χ0n) is 9.54. The minimum Gasteiger partial charge on any atom is -0.392 e. The molecule has 0 heterocycles. The van der Waals surface area contributed by atoms with E-state index in [-0.39, 0.29) is 6.61 Å². The lowest BCUT2D eigenvalue weighted by Crippen LogP contribution is -2.16. The maximum atomic E-state index is 9.30. The van der Waals surface area contributed by atoms with Crippen molar-refractivity contribution in [2.45, 2.75) is 32.4 Å². The van der Waals surface area contributed by atoms with E-state index in [2.05, 4.69) is 34.7 Å². The molecule has 0 aromatic heterocycles. The average molecular weight is 284 g/mol. The van der Waals surface area contributed by atoms with E-state index < -0.39 is 0 Å². The van der Waals surface area contributed by atoms with Crippen LogP contribution in [0.5, 0.6) is 0 Å². The summed E-state index contributed by atoms with van der Waals surface area (Å²) in [5.74, 6) is 0. The fourth-order valence-corrected chi connectivity index (χ4v) is 2.05. The van der Waals surface area contributed by atoms with Crippen LogP contribution >= 0.6 is 15.9 Å². The van der Waals surface area contributed by atoms with E-state index in [4.69, 9.17) is 0 Å². The second-order valence-corrected chi connectivity index (χ2v) is 4.69. The number of rotatable bonds is 6. The normalized spacial score (nSPS) is 12.2. The van der Waals surface area contributed by atoms with Gasteiger partial charge in [0.2, 0.25) is 0 Å². The Balaban J connectivity index is 2.72. The van der Waals surface area contributed by atoms with E-state index in [1.54, 1.807) is 0 Å². The zero-order chi connectivity index (χ0) is 12.0. The monoisotopic (exact) mass is 283 g/mol. The summed E-state index contributed by atoms with van der Waals surface area (Å²) in [5.41, 5.74) is 1.90. The molecule has 0 spiro atoms. The molecule has 0 aliphatic carbocycles. The molecular formula is C13H18BrNO. The third-order valence-electron chi connectivity index (χ3n) is 2.48. The van der Waals surface area contributed by atoms with Gasteiger partial charge in [-0.3, -0.25) is 0 Å². The molecule has 0 aliphatic heterocycles. The highest BCUT2D eigenvalue weighted by Crippen LogP contribution is 2.25. The Morgan fingerprint density at radius 3 is 2.94 bits per heavy atom. The number of allylic oxidation sites excluding steroid dienone is 1. The third kappa shape index (κ3) is 3.65. The first-order valence-electron chi connectivity index (χ1n) is 5.44. The summed E-state index contributed by atoms with van der Waals surface area (Å²) >= 11 is 3.43. The molecule has 1 aromatic rings. The fraction of sp³-hybridized carbons (Fsp3) is 0.385. The third-order valence-corrected chi connectivity index (χ3v) is 3.23. The first kappa shape index (κ1) is 13.3. The largest absolute Gasteiger partial charge is 0.392 e. The van der Waals surface area contributed by atoms with Crippen LogP contribution in [-0.4, -0.2) is 11.1 Å². The van der Waals surface area contributed by atoms with Gasteiger partial charge in [-0.25, -0.2) is 0 Å². The summed E-state index contributed by atoms with van der Waals surface area (Å²) in [7, 11) is 0. The number of aliphatic hydroxyl groups excluding tert-OH is 1. The second-order valence-electron chi connectivity index (χ2n) is 3.84. The van der Waals surface area contributed by atoms with E-state index in [0.29, 0.717) is 6.04 Å². The van der Waals surface area contributed by atoms with Gasteiger partial charge in [-0.05, 0) is 31.9 Å². The molecule has 1 aromatic carbocycles. The number of nitrogens with one attached hydrogen (secondary N) is 1. The van der Waals surface area contributed by atoms with Crippen molar-refractivity contribution < 1.29 is 5.11 Å². The van der Waals surface area contributed by atoms with Crippen LogP contribution in [0.2, 0.25) is 0 Å². The minimum atomic E-state index is 0.0396. The van der Waals surface area contributed by atoms with E-state index in [9.17, 15) is 5.11 Å². The smallest absolute Gasteiger partial charge is 0.0713 e. The highest BCUT2D eigenvalue weighted by atomic mass is 79.9. The molecule has 88 valence electrons. The Kier molecular flexibility index (Phi) is 5.56. The molecule has 2 nitrogen and oxygen atoms in total. The molecule has 1 rings (SSSR count). The van der Waals surface area contributed by atoms with E-state index in [0.717, 1.165) is 28.6 Å². The van der Waals surface area contributed by atoms with Gasteiger partial charge >= 0.3 is 0 Å². The van der Waals surface area contributed by atoms with Gasteiger partial charge in [0.25, 0.3) is 0 Å². The van der Waals surface area contributed by atoms with Crippen LogP contribution in [0.25, 0.3) is 0 Å². The SMILES string of the molecule is C=CCCC(C)Nc1cccc(Br)c1CO. The number of hydrogen-bond donors (Lipinski definition) is 2. The molecule has 3 heteroatoms. The summed E-state index contributed by atoms with van der Waals surface area (Å²) in [6.45, 7) is 5.88. The Morgan fingerprint density at radius 2 is 2.31 bits per heavy atom. The molecule has 0 amide bonds. The maximum Gasteiger partial charge on any atom is 0.0713 e. The van der Waals surface area contributed by atoms with Gasteiger partial charge in [-0.1, -0.05) is 28.1 Å².